The van der Waals surface area contributed by atoms with E-state index < -0.39 is 0 Å². The number of rotatable bonds is 3. The summed E-state index contributed by atoms with van der Waals surface area (Å²) in [5.74, 6) is 1.04. The maximum atomic E-state index is 3.83. The number of benzene rings is 1. The molecule has 1 nitrogen and oxygen atoms in total. The van der Waals surface area contributed by atoms with Gasteiger partial charge in [0.15, 0.2) is 0 Å². The normalized spacial score (nSPS) is 14.9. The van der Waals surface area contributed by atoms with Crippen LogP contribution in [0.15, 0.2) is 53.6 Å². The first-order valence-corrected chi connectivity index (χ1v) is 6.05. The Kier molecular flexibility index (Phi) is 5.16. The van der Waals surface area contributed by atoms with Crippen molar-refractivity contribution >= 4 is 28.7 Å². The van der Waals surface area contributed by atoms with Gasteiger partial charge in [-0.2, -0.15) is 0 Å². The van der Waals surface area contributed by atoms with Crippen LogP contribution in [-0.2, 0) is 6.54 Å². The van der Waals surface area contributed by atoms with Crippen molar-refractivity contribution in [3.63, 3.8) is 0 Å². The molecule has 0 atom stereocenters. The van der Waals surface area contributed by atoms with Crippen molar-refractivity contribution in [1.82, 2.24) is 4.90 Å². The summed E-state index contributed by atoms with van der Waals surface area (Å²) in [5.41, 5.74) is 2.71. The van der Waals surface area contributed by atoms with Crippen molar-refractivity contribution < 1.29 is 0 Å². The van der Waals surface area contributed by atoms with Crippen LogP contribution in [0.5, 0.6) is 0 Å². The first-order valence-electron chi connectivity index (χ1n) is 5.06. The summed E-state index contributed by atoms with van der Waals surface area (Å²) < 4.78 is 0. The molecule has 1 heterocycles. The quantitative estimate of drug-likeness (QED) is 0.823. The predicted molar refractivity (Wildman–Crippen MR) is 77.7 cm³/mol. The molecule has 0 aromatic heterocycles. The Hall–Kier alpha value is -0.670. The van der Waals surface area contributed by atoms with Gasteiger partial charge in [0.2, 0.25) is 0 Å². The Morgan fingerprint density at radius 3 is 2.62 bits per heavy atom. The Morgan fingerprint density at radius 1 is 1.38 bits per heavy atom. The average molecular weight is 298 g/mol. The van der Waals surface area contributed by atoms with Crippen molar-refractivity contribution in [2.24, 2.45) is 0 Å². The van der Waals surface area contributed by atoms with E-state index in [1.807, 2.05) is 17.8 Å². The second-order valence-corrected chi connectivity index (χ2v) is 4.60. The minimum absolute atomic E-state index is 0. The third-order valence-corrected chi connectivity index (χ3v) is 3.82. The van der Waals surface area contributed by atoms with E-state index in [0.717, 1.165) is 12.4 Å². The number of halogens is 1. The molecule has 1 aromatic carbocycles. The van der Waals surface area contributed by atoms with Crippen LogP contribution in [-0.4, -0.2) is 10.8 Å². The molecule has 0 saturated carbocycles. The van der Waals surface area contributed by atoms with Crippen LogP contribution >= 0.6 is 28.7 Å². The predicted octanol–water partition coefficient (Wildman–Crippen LogP) is 4.19. The minimum atomic E-state index is 0. The maximum Gasteiger partial charge on any atom is 0.0687 e. The maximum absolute atomic E-state index is 3.83. The molecule has 0 bridgehead atoms. The lowest BCUT2D eigenvalue weighted by atomic mass is 10.2. The van der Waals surface area contributed by atoms with Gasteiger partial charge in [-0.15, -0.1) is 28.7 Å². The van der Waals surface area contributed by atoms with Gasteiger partial charge in [-0.05, 0) is 12.5 Å². The number of hydrogen-bond acceptors (Lipinski definition) is 2. The molecule has 86 valence electrons. The molecule has 16 heavy (non-hydrogen) atoms. The molecule has 1 aliphatic heterocycles. The third kappa shape index (κ3) is 2.92. The first-order chi connectivity index (χ1) is 7.31. The molecule has 0 spiro atoms. The van der Waals surface area contributed by atoms with Gasteiger partial charge in [-0.3, -0.25) is 0 Å². The Balaban J connectivity index is 0.00000128. The zero-order valence-electron chi connectivity index (χ0n) is 9.35. The molecular formula is C13H16BrNS. The van der Waals surface area contributed by atoms with Crippen molar-refractivity contribution in [3.8, 4) is 0 Å². The smallest absolute Gasteiger partial charge is 0.0687 e. The molecule has 1 aromatic rings. The van der Waals surface area contributed by atoms with E-state index in [2.05, 4.69) is 48.7 Å². The zero-order chi connectivity index (χ0) is 10.7. The highest BCUT2D eigenvalue weighted by atomic mass is 79.9. The molecule has 0 amide bonds. The minimum Gasteiger partial charge on any atom is -0.360 e. The second kappa shape index (κ2) is 6.16. The summed E-state index contributed by atoms with van der Waals surface area (Å²) in [6.07, 6.45) is 1.95. The number of allylic oxidation sites excluding steroid dienone is 2. The van der Waals surface area contributed by atoms with Gasteiger partial charge in [0.1, 0.15) is 0 Å². The molecule has 0 fully saturated rings. The van der Waals surface area contributed by atoms with E-state index in [4.69, 9.17) is 0 Å². The largest absolute Gasteiger partial charge is 0.360 e. The van der Waals surface area contributed by atoms with E-state index in [1.165, 1.54) is 16.2 Å². The molecule has 0 aliphatic carbocycles. The van der Waals surface area contributed by atoms with E-state index in [9.17, 15) is 0 Å². The van der Waals surface area contributed by atoms with Gasteiger partial charge < -0.3 is 4.90 Å². The van der Waals surface area contributed by atoms with Gasteiger partial charge >= 0.3 is 0 Å². The van der Waals surface area contributed by atoms with Gasteiger partial charge in [0, 0.05) is 17.1 Å². The van der Waals surface area contributed by atoms with Crippen LogP contribution < -0.4 is 0 Å². The average Bonchev–Trinajstić information content (AvgIpc) is 2.62. The Morgan fingerprint density at radius 2 is 2.06 bits per heavy atom. The topological polar surface area (TPSA) is 3.24 Å². The van der Waals surface area contributed by atoms with Crippen LogP contribution in [0.1, 0.15) is 12.5 Å². The fraction of sp³-hybridized carbons (Fsp3) is 0.231. The summed E-state index contributed by atoms with van der Waals surface area (Å²) >= 11 is 1.87. The van der Waals surface area contributed by atoms with Gasteiger partial charge in [-0.25, -0.2) is 0 Å². The van der Waals surface area contributed by atoms with Crippen molar-refractivity contribution in [3.05, 3.63) is 59.2 Å². The van der Waals surface area contributed by atoms with E-state index in [-0.39, 0.29) is 17.0 Å². The molecule has 0 radical (unpaired) electrons. The van der Waals surface area contributed by atoms with Crippen LogP contribution in [0.3, 0.4) is 0 Å². The fourth-order valence-electron chi connectivity index (χ4n) is 1.68. The number of hydrogen-bond donors (Lipinski definition) is 0. The second-order valence-electron chi connectivity index (χ2n) is 3.61. The van der Waals surface area contributed by atoms with Crippen molar-refractivity contribution in [2.75, 3.05) is 5.88 Å². The number of thioether (sulfide) groups is 1. The summed E-state index contributed by atoms with van der Waals surface area (Å²) in [5, 5.41) is 0. The summed E-state index contributed by atoms with van der Waals surface area (Å²) in [6.45, 7) is 6.99. The van der Waals surface area contributed by atoms with Crippen LogP contribution in [0.4, 0.5) is 0 Å². The van der Waals surface area contributed by atoms with Gasteiger partial charge in [0.25, 0.3) is 0 Å². The summed E-state index contributed by atoms with van der Waals surface area (Å²) in [6, 6.07) is 10.6. The van der Waals surface area contributed by atoms with Crippen LogP contribution in [0.25, 0.3) is 0 Å². The fourth-order valence-corrected chi connectivity index (χ4v) is 2.71. The molecule has 1 aliphatic rings. The molecular weight excluding hydrogens is 282 g/mol. The van der Waals surface area contributed by atoms with E-state index in [1.54, 1.807) is 0 Å². The third-order valence-electron chi connectivity index (χ3n) is 2.61. The summed E-state index contributed by atoms with van der Waals surface area (Å²) in [4.78, 5) is 3.70. The highest BCUT2D eigenvalue weighted by Crippen LogP contribution is 2.33. The first kappa shape index (κ1) is 13.4. The van der Waals surface area contributed by atoms with E-state index >= 15 is 0 Å². The van der Waals surface area contributed by atoms with E-state index in [0.29, 0.717) is 0 Å². The number of nitrogens with zero attached hydrogens (tertiary/aromatic N) is 1. The zero-order valence-corrected chi connectivity index (χ0v) is 11.9. The van der Waals surface area contributed by atoms with Crippen LogP contribution in [0.2, 0.25) is 0 Å². The SMILES string of the molecule is Br.C=CC1=C(C)N(Cc2ccccc2)CS1. The standard InChI is InChI=1S/C13H15NS.BrH/c1-3-13-11(2)14(10-15-13)9-12-7-5-4-6-8-12;/h3-8H,1,9-10H2,2H3;1H. The molecule has 0 unspecified atom stereocenters. The van der Waals surface area contributed by atoms with Crippen molar-refractivity contribution in [2.45, 2.75) is 13.5 Å². The van der Waals surface area contributed by atoms with Crippen molar-refractivity contribution in [1.29, 1.82) is 0 Å². The van der Waals surface area contributed by atoms with Gasteiger partial charge in [-0.1, -0.05) is 43.0 Å². The highest BCUT2D eigenvalue weighted by molar-refractivity contribution is 8.93. The molecule has 0 N–H and O–H groups in total. The highest BCUT2D eigenvalue weighted by Gasteiger charge is 2.17. The molecule has 2 rings (SSSR count). The lowest BCUT2D eigenvalue weighted by molar-refractivity contribution is 0.403. The van der Waals surface area contributed by atoms with Gasteiger partial charge in [0.05, 0.1) is 5.88 Å². The Bertz CT molecular complexity index is 386. The lowest BCUT2D eigenvalue weighted by Crippen LogP contribution is -2.16. The summed E-state index contributed by atoms with van der Waals surface area (Å²) in [7, 11) is 0. The lowest BCUT2D eigenvalue weighted by Gasteiger charge is -2.18. The molecule has 3 heteroatoms. The molecule has 0 saturated heterocycles. The monoisotopic (exact) mass is 297 g/mol. The van der Waals surface area contributed by atoms with Crippen LogP contribution in [0, 0.1) is 0 Å². The Labute approximate surface area is 112 Å².